The summed E-state index contributed by atoms with van der Waals surface area (Å²) in [5.41, 5.74) is 0. The molecule has 3 fully saturated rings. The highest BCUT2D eigenvalue weighted by Crippen LogP contribution is 2.32. The molecule has 0 aliphatic carbocycles. The summed E-state index contributed by atoms with van der Waals surface area (Å²) in [7, 11) is 0.989. The molecule has 0 amide bonds. The molecule has 3 aliphatic rings. The maximum absolute atomic E-state index is 12.0. The lowest BCUT2D eigenvalue weighted by molar-refractivity contribution is -0.379. The largest absolute Gasteiger partial charge is 0.467 e. The SMILES string of the molecule is COC(=O)[C@H]1O[C@@H](O)[C@H](O[C@@H]2O[C@H](CO)[C@@H](O)[C@H](O)[C@H]2O)[C@@H](O[C@@H]2OC[C@H](O)[C@H](O)[C@H]2O)[C@@H]1O. The third-order valence-electron chi connectivity index (χ3n) is 5.86. The fourth-order valence-corrected chi connectivity index (χ4v) is 3.84. The first-order valence-electron chi connectivity index (χ1n) is 10.4. The van der Waals surface area contributed by atoms with E-state index in [-0.39, 0.29) is 0 Å². The molecule has 34 heavy (non-hydrogen) atoms. The molecule has 3 heterocycles. The van der Waals surface area contributed by atoms with Gasteiger partial charge in [-0.3, -0.25) is 0 Å². The Morgan fingerprint density at radius 3 is 2.03 bits per heavy atom. The van der Waals surface area contributed by atoms with Gasteiger partial charge in [-0.2, -0.15) is 0 Å². The van der Waals surface area contributed by atoms with E-state index in [9.17, 15) is 50.8 Å². The second-order valence-corrected chi connectivity index (χ2v) is 8.11. The van der Waals surface area contributed by atoms with E-state index in [1.807, 2.05) is 0 Å². The van der Waals surface area contributed by atoms with E-state index in [0.717, 1.165) is 7.11 Å². The van der Waals surface area contributed by atoms with Gasteiger partial charge in [0.2, 0.25) is 0 Å². The van der Waals surface area contributed by atoms with Gasteiger partial charge in [-0.15, -0.1) is 0 Å². The molecule has 3 rings (SSSR count). The maximum atomic E-state index is 12.0. The molecule has 16 heteroatoms. The van der Waals surface area contributed by atoms with E-state index in [0.29, 0.717) is 0 Å². The molecule has 0 aromatic heterocycles. The Morgan fingerprint density at radius 1 is 0.794 bits per heavy atom. The van der Waals surface area contributed by atoms with Crippen molar-refractivity contribution in [1.29, 1.82) is 0 Å². The number of carbonyl (C=O) groups excluding carboxylic acids is 1. The van der Waals surface area contributed by atoms with Gasteiger partial charge in [-0.25, -0.2) is 4.79 Å². The van der Waals surface area contributed by atoms with Crippen molar-refractivity contribution in [2.75, 3.05) is 20.3 Å². The summed E-state index contributed by atoms with van der Waals surface area (Å²) >= 11 is 0. The van der Waals surface area contributed by atoms with Crippen molar-refractivity contribution >= 4 is 5.97 Å². The first-order chi connectivity index (χ1) is 16.0. The average molecular weight is 502 g/mol. The highest BCUT2D eigenvalue weighted by molar-refractivity contribution is 5.75. The second-order valence-electron chi connectivity index (χ2n) is 8.11. The molecule has 0 aromatic rings. The molecule has 3 aliphatic heterocycles. The molecule has 0 aromatic carbocycles. The number of esters is 1. The van der Waals surface area contributed by atoms with Crippen LogP contribution in [0.1, 0.15) is 0 Å². The quantitative estimate of drug-likeness (QED) is 0.153. The number of rotatable bonds is 6. The van der Waals surface area contributed by atoms with Crippen molar-refractivity contribution in [3.63, 3.8) is 0 Å². The van der Waals surface area contributed by atoms with Crippen LogP contribution in [0.2, 0.25) is 0 Å². The minimum absolute atomic E-state index is 0.469. The van der Waals surface area contributed by atoms with E-state index >= 15 is 0 Å². The molecule has 14 atom stereocenters. The van der Waals surface area contributed by atoms with Crippen LogP contribution in [0.4, 0.5) is 0 Å². The monoisotopic (exact) mass is 502 g/mol. The smallest absolute Gasteiger partial charge is 0.337 e. The Bertz CT molecular complexity index is 678. The number of aliphatic hydroxyl groups is 9. The predicted molar refractivity (Wildman–Crippen MR) is 100 cm³/mol. The summed E-state index contributed by atoms with van der Waals surface area (Å²) in [6.07, 6.45) is -24.5. The molecular weight excluding hydrogens is 472 g/mol. The Balaban J connectivity index is 1.84. The van der Waals surface area contributed by atoms with E-state index < -0.39 is 105 Å². The van der Waals surface area contributed by atoms with Crippen LogP contribution in [0.3, 0.4) is 0 Å². The summed E-state index contributed by atoms with van der Waals surface area (Å²) in [5.74, 6) is -1.10. The van der Waals surface area contributed by atoms with Gasteiger partial charge in [-0.05, 0) is 0 Å². The van der Waals surface area contributed by atoms with E-state index in [1.165, 1.54) is 0 Å². The maximum Gasteiger partial charge on any atom is 0.337 e. The molecular formula is C18H30O16. The summed E-state index contributed by atoms with van der Waals surface area (Å²) in [6.45, 7) is -1.24. The molecule has 0 saturated carbocycles. The number of methoxy groups -OCH3 is 1. The molecule has 0 spiro atoms. The summed E-state index contributed by atoms with van der Waals surface area (Å²) < 4.78 is 30.9. The van der Waals surface area contributed by atoms with Gasteiger partial charge in [0.15, 0.2) is 25.0 Å². The Kier molecular flexibility index (Phi) is 9.15. The van der Waals surface area contributed by atoms with Crippen LogP contribution in [0, 0.1) is 0 Å². The van der Waals surface area contributed by atoms with Crippen LogP contribution >= 0.6 is 0 Å². The first-order valence-corrected chi connectivity index (χ1v) is 10.4. The van der Waals surface area contributed by atoms with Crippen molar-refractivity contribution in [2.24, 2.45) is 0 Å². The molecule has 9 N–H and O–H groups in total. The zero-order chi connectivity index (χ0) is 25.3. The number of hydrogen-bond acceptors (Lipinski definition) is 16. The normalized spacial score (nSPS) is 50.1. The fourth-order valence-electron chi connectivity index (χ4n) is 3.84. The van der Waals surface area contributed by atoms with Gasteiger partial charge in [0.1, 0.15) is 61.0 Å². The minimum atomic E-state index is -2.04. The van der Waals surface area contributed by atoms with Crippen molar-refractivity contribution in [1.82, 2.24) is 0 Å². The van der Waals surface area contributed by atoms with E-state index in [1.54, 1.807) is 0 Å². The highest BCUT2D eigenvalue weighted by Gasteiger charge is 2.54. The van der Waals surface area contributed by atoms with Crippen LogP contribution in [-0.4, -0.2) is 158 Å². The Morgan fingerprint density at radius 2 is 1.41 bits per heavy atom. The van der Waals surface area contributed by atoms with Gasteiger partial charge in [-0.1, -0.05) is 0 Å². The molecule has 0 unspecified atom stereocenters. The van der Waals surface area contributed by atoms with Crippen LogP contribution in [0.5, 0.6) is 0 Å². The van der Waals surface area contributed by atoms with Crippen molar-refractivity contribution in [3.8, 4) is 0 Å². The van der Waals surface area contributed by atoms with E-state index in [4.69, 9.17) is 23.7 Å². The summed E-state index contributed by atoms with van der Waals surface area (Å²) in [6, 6.07) is 0. The van der Waals surface area contributed by atoms with Crippen LogP contribution in [-0.2, 0) is 33.2 Å². The third-order valence-corrected chi connectivity index (χ3v) is 5.86. The molecule has 16 nitrogen and oxygen atoms in total. The Labute approximate surface area is 192 Å². The number of aliphatic hydroxyl groups excluding tert-OH is 9. The number of carbonyl (C=O) groups is 1. The van der Waals surface area contributed by atoms with Crippen LogP contribution < -0.4 is 0 Å². The van der Waals surface area contributed by atoms with E-state index in [2.05, 4.69) is 4.74 Å². The van der Waals surface area contributed by atoms with Gasteiger partial charge >= 0.3 is 5.97 Å². The van der Waals surface area contributed by atoms with Gasteiger partial charge in [0.25, 0.3) is 0 Å². The van der Waals surface area contributed by atoms with Crippen LogP contribution in [0.15, 0.2) is 0 Å². The third kappa shape index (κ3) is 5.35. The standard InChI is InChI=1S/C18H30O16/c1-29-15(27)13-11(26)12(33-17-9(24)6(21)4(20)3-30-17)14(16(28)32-13)34-18-10(25)8(23)7(22)5(2-19)31-18/h4-14,16-26,28H,2-3H2,1H3/t4-,5+,6-,7+,8-,9+,10+,11-,12-,13-,14+,16+,17-,18-/m0/s1. The molecule has 198 valence electrons. The number of hydrogen-bond donors (Lipinski definition) is 9. The molecule has 3 saturated heterocycles. The first kappa shape index (κ1) is 27.5. The zero-order valence-electron chi connectivity index (χ0n) is 17.9. The predicted octanol–water partition coefficient (Wildman–Crippen LogP) is -6.75. The Hall–Kier alpha value is -1.09. The molecule has 0 radical (unpaired) electrons. The number of ether oxygens (including phenoxy) is 6. The van der Waals surface area contributed by atoms with Crippen LogP contribution in [0.25, 0.3) is 0 Å². The lowest BCUT2D eigenvalue weighted by atomic mass is 9.96. The second kappa shape index (κ2) is 11.3. The fraction of sp³-hybridized carbons (Fsp3) is 0.944. The summed E-state index contributed by atoms with van der Waals surface area (Å²) in [4.78, 5) is 12.0. The summed E-state index contributed by atoms with van der Waals surface area (Å²) in [5, 5.41) is 90.3. The van der Waals surface area contributed by atoms with Gasteiger partial charge in [0, 0.05) is 0 Å². The van der Waals surface area contributed by atoms with Crippen molar-refractivity contribution in [2.45, 2.75) is 86.0 Å². The topological polar surface area (TPSA) is 255 Å². The lowest BCUT2D eigenvalue weighted by Crippen LogP contribution is -2.66. The molecule has 0 bridgehead atoms. The minimum Gasteiger partial charge on any atom is -0.467 e. The zero-order valence-corrected chi connectivity index (χ0v) is 17.9. The highest BCUT2D eigenvalue weighted by atomic mass is 16.8. The van der Waals surface area contributed by atoms with Crippen molar-refractivity contribution in [3.05, 3.63) is 0 Å². The lowest BCUT2D eigenvalue weighted by Gasteiger charge is -2.47. The van der Waals surface area contributed by atoms with Gasteiger partial charge < -0.3 is 74.4 Å². The van der Waals surface area contributed by atoms with Crippen molar-refractivity contribution < 1.29 is 79.2 Å². The van der Waals surface area contributed by atoms with Gasteiger partial charge in [0.05, 0.1) is 20.3 Å². The average Bonchev–Trinajstić information content (AvgIpc) is 2.82.